The van der Waals surface area contributed by atoms with Gasteiger partial charge in [0.2, 0.25) is 0 Å². The molecule has 164 valence electrons. The van der Waals surface area contributed by atoms with Crippen molar-refractivity contribution in [2.24, 2.45) is 27.4 Å². The lowest BCUT2D eigenvalue weighted by atomic mass is 9.97. The Balaban J connectivity index is 2.57. The van der Waals surface area contributed by atoms with Crippen LogP contribution in [0.15, 0.2) is 70.5 Å². The molecule has 2 heterocycles. The largest absolute Gasteiger partial charge is 0.404 e. The Labute approximate surface area is 183 Å². The van der Waals surface area contributed by atoms with Gasteiger partial charge in [-0.1, -0.05) is 20.4 Å². The second-order valence-corrected chi connectivity index (χ2v) is 7.10. The zero-order valence-corrected chi connectivity index (χ0v) is 18.9. The van der Waals surface area contributed by atoms with E-state index in [1.54, 1.807) is 42.4 Å². The predicted molar refractivity (Wildman–Crippen MR) is 130 cm³/mol. The number of aromatic nitrogens is 3. The third-order valence-electron chi connectivity index (χ3n) is 5.22. The molecular weight excluding hydrogens is 388 g/mol. The number of nitrogens with one attached hydrogen (secondary N) is 1. The van der Waals surface area contributed by atoms with Crippen molar-refractivity contribution in [2.75, 3.05) is 14.1 Å². The van der Waals surface area contributed by atoms with E-state index < -0.39 is 0 Å². The molecule has 31 heavy (non-hydrogen) atoms. The van der Waals surface area contributed by atoms with E-state index in [0.29, 0.717) is 28.6 Å². The zero-order valence-electron chi connectivity index (χ0n) is 18.9. The summed E-state index contributed by atoms with van der Waals surface area (Å²) in [6, 6.07) is 0. The molecule has 2 aromatic rings. The van der Waals surface area contributed by atoms with Crippen LogP contribution in [0.5, 0.6) is 0 Å². The van der Waals surface area contributed by atoms with Crippen LogP contribution in [-0.2, 0) is 0 Å². The molecule has 0 aliphatic rings. The SMILES string of the molecule is C=C/C(=C\C(N=C(N)c1cnn2cc(/C(C=NC)=C/N)ncc12)=C(\C)C(C)CC)NC. The van der Waals surface area contributed by atoms with E-state index in [1.165, 1.54) is 6.20 Å². The fraction of sp³-hybridized carbons (Fsp3) is 0.304. The van der Waals surface area contributed by atoms with Crippen molar-refractivity contribution >= 4 is 23.1 Å². The molecule has 0 saturated carbocycles. The van der Waals surface area contributed by atoms with Crippen molar-refractivity contribution in [2.45, 2.75) is 27.2 Å². The molecule has 1 unspecified atom stereocenters. The molecule has 0 bridgehead atoms. The van der Waals surface area contributed by atoms with Crippen LogP contribution in [-0.4, -0.2) is 40.7 Å². The minimum atomic E-state index is 0.362. The number of likely N-dealkylation sites (N-methyl/N-ethyl adjacent to an activating group) is 1. The summed E-state index contributed by atoms with van der Waals surface area (Å²) in [5.74, 6) is 0.725. The first-order chi connectivity index (χ1) is 14.9. The van der Waals surface area contributed by atoms with Crippen LogP contribution in [0.4, 0.5) is 0 Å². The van der Waals surface area contributed by atoms with Crippen molar-refractivity contribution < 1.29 is 0 Å². The molecule has 2 rings (SSSR count). The summed E-state index contributed by atoms with van der Waals surface area (Å²) < 4.78 is 1.70. The van der Waals surface area contributed by atoms with Gasteiger partial charge in [0.25, 0.3) is 0 Å². The van der Waals surface area contributed by atoms with Gasteiger partial charge in [0.15, 0.2) is 0 Å². The molecule has 2 aromatic heterocycles. The van der Waals surface area contributed by atoms with Gasteiger partial charge in [0, 0.05) is 37.8 Å². The molecule has 0 aromatic carbocycles. The summed E-state index contributed by atoms with van der Waals surface area (Å²) >= 11 is 0. The van der Waals surface area contributed by atoms with Gasteiger partial charge in [-0.15, -0.1) is 0 Å². The van der Waals surface area contributed by atoms with Crippen molar-refractivity contribution in [3.8, 4) is 0 Å². The number of hydrogen-bond acceptors (Lipinski definition) is 6. The highest BCUT2D eigenvalue weighted by Crippen LogP contribution is 2.22. The summed E-state index contributed by atoms with van der Waals surface area (Å²) in [6.45, 7) is 10.2. The second kappa shape index (κ2) is 10.9. The molecule has 8 nitrogen and oxygen atoms in total. The maximum atomic E-state index is 6.42. The Kier molecular flexibility index (Phi) is 8.31. The molecule has 0 aliphatic carbocycles. The zero-order chi connectivity index (χ0) is 23.0. The lowest BCUT2D eigenvalue weighted by Gasteiger charge is -2.13. The highest BCUT2D eigenvalue weighted by atomic mass is 15.2. The van der Waals surface area contributed by atoms with Crippen LogP contribution in [0.25, 0.3) is 11.1 Å². The number of nitrogens with zero attached hydrogens (tertiary/aromatic N) is 5. The molecule has 0 amide bonds. The van der Waals surface area contributed by atoms with Gasteiger partial charge in [0.1, 0.15) is 5.84 Å². The number of rotatable bonds is 9. The van der Waals surface area contributed by atoms with E-state index in [2.05, 4.69) is 47.7 Å². The van der Waals surface area contributed by atoms with Gasteiger partial charge in [-0.2, -0.15) is 5.10 Å². The molecule has 0 fully saturated rings. The molecule has 5 N–H and O–H groups in total. The van der Waals surface area contributed by atoms with Crippen LogP contribution in [0, 0.1) is 5.92 Å². The smallest absolute Gasteiger partial charge is 0.135 e. The third-order valence-corrected chi connectivity index (χ3v) is 5.22. The fourth-order valence-corrected chi connectivity index (χ4v) is 2.93. The maximum absolute atomic E-state index is 6.42. The highest BCUT2D eigenvalue weighted by Gasteiger charge is 2.13. The van der Waals surface area contributed by atoms with Gasteiger partial charge < -0.3 is 16.8 Å². The molecule has 0 aliphatic heterocycles. The summed E-state index contributed by atoms with van der Waals surface area (Å²) in [7, 11) is 3.52. The van der Waals surface area contributed by atoms with E-state index in [9.17, 15) is 0 Å². The average Bonchev–Trinajstić information content (AvgIpc) is 3.22. The van der Waals surface area contributed by atoms with E-state index in [1.807, 2.05) is 13.1 Å². The van der Waals surface area contributed by atoms with E-state index in [4.69, 9.17) is 16.5 Å². The molecule has 0 saturated heterocycles. The summed E-state index contributed by atoms with van der Waals surface area (Å²) in [6.07, 6.45) is 13.0. The van der Waals surface area contributed by atoms with Gasteiger partial charge in [-0.25, -0.2) is 9.51 Å². The summed E-state index contributed by atoms with van der Waals surface area (Å²) in [4.78, 5) is 13.2. The topological polar surface area (TPSA) is 119 Å². The van der Waals surface area contributed by atoms with E-state index >= 15 is 0 Å². The van der Waals surface area contributed by atoms with E-state index in [0.717, 1.165) is 28.9 Å². The van der Waals surface area contributed by atoms with Crippen LogP contribution in [0.2, 0.25) is 0 Å². The monoisotopic (exact) mass is 420 g/mol. The molecule has 0 radical (unpaired) electrons. The average molecular weight is 421 g/mol. The molecule has 8 heteroatoms. The lowest BCUT2D eigenvalue weighted by Crippen LogP contribution is -2.14. The number of aliphatic imine (C=N–C) groups is 2. The summed E-state index contributed by atoms with van der Waals surface area (Å²) in [5, 5.41) is 7.53. The van der Waals surface area contributed by atoms with Crippen molar-refractivity contribution in [3.63, 3.8) is 0 Å². The fourth-order valence-electron chi connectivity index (χ4n) is 2.93. The Morgan fingerprint density at radius 3 is 2.71 bits per heavy atom. The summed E-state index contributed by atoms with van der Waals surface area (Å²) in [5.41, 5.74) is 17.7. The van der Waals surface area contributed by atoms with Crippen molar-refractivity contribution in [1.29, 1.82) is 0 Å². The van der Waals surface area contributed by atoms with Gasteiger partial charge in [-0.3, -0.25) is 9.98 Å². The Bertz CT molecular complexity index is 1080. The number of hydrogen-bond donors (Lipinski definition) is 3. The van der Waals surface area contributed by atoms with E-state index in [-0.39, 0.29) is 0 Å². The lowest BCUT2D eigenvalue weighted by molar-refractivity contribution is 0.649. The van der Waals surface area contributed by atoms with Gasteiger partial charge >= 0.3 is 0 Å². The third kappa shape index (κ3) is 5.48. The van der Waals surface area contributed by atoms with Gasteiger partial charge in [0.05, 0.1) is 41.1 Å². The normalized spacial score (nSPS) is 15.3. The molecule has 0 spiro atoms. The number of nitrogens with two attached hydrogens (primary N) is 2. The Hall–Kier alpha value is -3.68. The minimum Gasteiger partial charge on any atom is -0.404 e. The Morgan fingerprint density at radius 2 is 2.13 bits per heavy atom. The van der Waals surface area contributed by atoms with Crippen LogP contribution < -0.4 is 16.8 Å². The first-order valence-corrected chi connectivity index (χ1v) is 10.1. The molecular formula is C23H32N8. The second-order valence-electron chi connectivity index (χ2n) is 7.10. The predicted octanol–water partition coefficient (Wildman–Crippen LogP) is 3.04. The Morgan fingerprint density at radius 1 is 1.39 bits per heavy atom. The minimum absolute atomic E-state index is 0.362. The van der Waals surface area contributed by atoms with Crippen LogP contribution in [0.1, 0.15) is 38.4 Å². The van der Waals surface area contributed by atoms with Crippen molar-refractivity contribution in [1.82, 2.24) is 19.9 Å². The van der Waals surface area contributed by atoms with Gasteiger partial charge in [-0.05, 0) is 37.0 Å². The molecule has 1 atom stereocenters. The highest BCUT2D eigenvalue weighted by molar-refractivity contribution is 6.09. The first kappa shape index (κ1) is 23.6. The number of amidine groups is 1. The standard InChI is InChI=1S/C23H32N8/c1-7-15(3)16(4)20(9-18(8-2)27-6)30-23(25)19-12-29-31-14-21(28-13-22(19)31)17(10-24)11-26-5/h8-15,27H,2,7,24H2,1,3-6H3,(H2,25,30)/b17-10+,18-9+,20-16+,26-11?. The maximum Gasteiger partial charge on any atom is 0.135 e. The number of fused-ring (bicyclic) bond motifs is 1. The first-order valence-electron chi connectivity index (χ1n) is 10.1. The van der Waals surface area contributed by atoms with Crippen molar-refractivity contribution in [3.05, 3.63) is 71.7 Å². The van der Waals surface area contributed by atoms with Crippen LogP contribution in [0.3, 0.4) is 0 Å². The quantitative estimate of drug-likeness (QED) is 0.327. The van der Waals surface area contributed by atoms with Crippen LogP contribution >= 0.6 is 0 Å². The number of allylic oxidation sites excluding steroid dienone is 4.